The molecule has 23 heavy (non-hydrogen) atoms. The molecule has 0 radical (unpaired) electrons. The maximum atomic E-state index is 12.2. The Balaban J connectivity index is 0.000000924. The van der Waals surface area contributed by atoms with Crippen LogP contribution in [0.5, 0.6) is 0 Å². The fraction of sp³-hybridized carbons (Fsp3) is 0.444. The number of imidazole rings is 1. The van der Waals surface area contributed by atoms with Gasteiger partial charge in [-0.25, -0.2) is 9.78 Å². The Morgan fingerprint density at radius 2 is 1.96 bits per heavy atom. The highest BCUT2D eigenvalue weighted by Gasteiger charge is 2.44. The van der Waals surface area contributed by atoms with Crippen LogP contribution in [0, 0.1) is 0 Å². The molecule has 0 fully saturated rings. The number of thioether (sulfide) groups is 1. The first-order valence-corrected chi connectivity index (χ1v) is 8.84. The van der Waals surface area contributed by atoms with E-state index in [0.717, 1.165) is 5.16 Å². The monoisotopic (exact) mass is 332 g/mol. The molecule has 0 aliphatic carbocycles. The molecule has 5 heteroatoms. The van der Waals surface area contributed by atoms with Gasteiger partial charge in [0.05, 0.1) is 18.8 Å². The Bertz CT molecular complexity index is 665. The lowest BCUT2D eigenvalue weighted by atomic mass is 9.95. The van der Waals surface area contributed by atoms with Crippen LogP contribution in [0.15, 0.2) is 41.7 Å². The van der Waals surface area contributed by atoms with Crippen molar-refractivity contribution in [2.75, 3.05) is 6.61 Å². The van der Waals surface area contributed by atoms with Gasteiger partial charge < -0.3 is 9.30 Å². The number of fused-ring (bicyclic) bond motifs is 1. The summed E-state index contributed by atoms with van der Waals surface area (Å²) in [4.78, 5) is 16.6. The number of esters is 1. The predicted molar refractivity (Wildman–Crippen MR) is 94.0 cm³/mol. The normalized spacial score (nSPS) is 17.9. The van der Waals surface area contributed by atoms with Crippen LogP contribution < -0.4 is 0 Å². The average molecular weight is 332 g/mol. The largest absolute Gasteiger partial charge is 0.461 e. The van der Waals surface area contributed by atoms with Crippen LogP contribution in [0.4, 0.5) is 0 Å². The Hall–Kier alpha value is -1.75. The minimum absolute atomic E-state index is 0.0633. The van der Waals surface area contributed by atoms with Gasteiger partial charge in [0.25, 0.3) is 0 Å². The zero-order valence-corrected chi connectivity index (χ0v) is 15.2. The van der Waals surface area contributed by atoms with E-state index in [0.29, 0.717) is 12.3 Å². The van der Waals surface area contributed by atoms with E-state index in [1.165, 1.54) is 5.56 Å². The predicted octanol–water partition coefficient (Wildman–Crippen LogP) is 4.56. The number of carbonyl (C=O) groups excluding carboxylic acids is 1. The molecule has 1 atom stereocenters. The number of aromatic nitrogens is 2. The Labute approximate surface area is 142 Å². The Kier molecular flexibility index (Phi) is 5.52. The first-order chi connectivity index (χ1) is 11.0. The fourth-order valence-electron chi connectivity index (χ4n) is 2.81. The SMILES string of the molecule is CC.CCOC(=O)c1cnc2n1C(c1ccccc1)C(C)(C)S2. The van der Waals surface area contributed by atoms with Crippen molar-refractivity contribution < 1.29 is 9.53 Å². The number of nitrogens with zero attached hydrogens (tertiary/aromatic N) is 2. The summed E-state index contributed by atoms with van der Waals surface area (Å²) in [5.41, 5.74) is 1.70. The fourth-order valence-corrected chi connectivity index (χ4v) is 4.04. The van der Waals surface area contributed by atoms with E-state index in [1.54, 1.807) is 18.0 Å². The Morgan fingerprint density at radius 3 is 2.57 bits per heavy atom. The molecule has 2 aromatic rings. The number of ether oxygens (including phenoxy) is 1. The molecule has 0 bridgehead atoms. The summed E-state index contributed by atoms with van der Waals surface area (Å²) in [6, 6.07) is 10.3. The van der Waals surface area contributed by atoms with Gasteiger partial charge in [-0.05, 0) is 26.3 Å². The lowest BCUT2D eigenvalue weighted by molar-refractivity contribution is 0.0511. The molecule has 1 unspecified atom stereocenters. The van der Waals surface area contributed by atoms with Crippen molar-refractivity contribution >= 4 is 17.7 Å². The van der Waals surface area contributed by atoms with Gasteiger partial charge in [-0.1, -0.05) is 55.9 Å². The molecule has 1 aromatic heterocycles. The van der Waals surface area contributed by atoms with Gasteiger partial charge in [-0.15, -0.1) is 0 Å². The minimum atomic E-state index is -0.310. The van der Waals surface area contributed by atoms with E-state index in [-0.39, 0.29) is 16.8 Å². The number of benzene rings is 1. The highest BCUT2D eigenvalue weighted by molar-refractivity contribution is 8.00. The van der Waals surface area contributed by atoms with Gasteiger partial charge >= 0.3 is 5.97 Å². The average Bonchev–Trinajstić information content (AvgIpc) is 3.04. The number of rotatable bonds is 3. The van der Waals surface area contributed by atoms with Crippen LogP contribution in [0.3, 0.4) is 0 Å². The molecule has 3 rings (SSSR count). The van der Waals surface area contributed by atoms with E-state index < -0.39 is 0 Å². The summed E-state index contributed by atoms with van der Waals surface area (Å²) in [6.45, 7) is 10.5. The molecule has 0 N–H and O–H groups in total. The topological polar surface area (TPSA) is 44.1 Å². The van der Waals surface area contributed by atoms with Gasteiger partial charge in [0.1, 0.15) is 5.69 Å². The molecule has 1 aromatic carbocycles. The first kappa shape index (κ1) is 17.6. The molecule has 0 amide bonds. The summed E-state index contributed by atoms with van der Waals surface area (Å²) in [6.07, 6.45) is 1.62. The van der Waals surface area contributed by atoms with E-state index in [4.69, 9.17) is 4.74 Å². The molecule has 0 saturated heterocycles. The number of hydrogen-bond acceptors (Lipinski definition) is 4. The lowest BCUT2D eigenvalue weighted by Gasteiger charge is -2.28. The zero-order valence-electron chi connectivity index (χ0n) is 14.4. The van der Waals surface area contributed by atoms with Crippen molar-refractivity contribution in [3.63, 3.8) is 0 Å². The summed E-state index contributed by atoms with van der Waals surface area (Å²) in [5.74, 6) is -0.310. The smallest absolute Gasteiger partial charge is 0.356 e. The van der Waals surface area contributed by atoms with Gasteiger partial charge in [0.15, 0.2) is 5.16 Å². The zero-order chi connectivity index (χ0) is 17.0. The second-order valence-corrected chi connectivity index (χ2v) is 7.16. The molecule has 4 nitrogen and oxygen atoms in total. The molecule has 124 valence electrons. The van der Waals surface area contributed by atoms with E-state index in [2.05, 4.69) is 31.0 Å². The van der Waals surface area contributed by atoms with Crippen LogP contribution in [0.2, 0.25) is 0 Å². The summed E-state index contributed by atoms with van der Waals surface area (Å²) < 4.78 is 7.10. The highest BCUT2D eigenvalue weighted by atomic mass is 32.2. The number of carbonyl (C=O) groups is 1. The van der Waals surface area contributed by atoms with E-state index in [1.807, 2.05) is 43.5 Å². The first-order valence-electron chi connectivity index (χ1n) is 8.03. The van der Waals surface area contributed by atoms with Crippen molar-refractivity contribution in [3.8, 4) is 0 Å². The summed E-state index contributed by atoms with van der Waals surface area (Å²) in [7, 11) is 0. The quantitative estimate of drug-likeness (QED) is 0.773. The van der Waals surface area contributed by atoms with E-state index in [9.17, 15) is 4.79 Å². The van der Waals surface area contributed by atoms with Crippen molar-refractivity contribution in [1.29, 1.82) is 0 Å². The second kappa shape index (κ2) is 7.21. The van der Waals surface area contributed by atoms with Gasteiger partial charge in [0, 0.05) is 4.75 Å². The van der Waals surface area contributed by atoms with Gasteiger partial charge in [-0.2, -0.15) is 0 Å². The van der Waals surface area contributed by atoms with E-state index >= 15 is 0 Å². The van der Waals surface area contributed by atoms with Crippen LogP contribution in [0.1, 0.15) is 56.7 Å². The Morgan fingerprint density at radius 1 is 1.30 bits per heavy atom. The van der Waals surface area contributed by atoms with Crippen LogP contribution in [-0.4, -0.2) is 26.9 Å². The maximum Gasteiger partial charge on any atom is 0.356 e. The van der Waals surface area contributed by atoms with Gasteiger partial charge in [0.2, 0.25) is 0 Å². The minimum Gasteiger partial charge on any atom is -0.461 e. The van der Waals surface area contributed by atoms with Crippen LogP contribution >= 0.6 is 11.8 Å². The number of hydrogen-bond donors (Lipinski definition) is 0. The second-order valence-electron chi connectivity index (χ2n) is 5.54. The van der Waals surface area contributed by atoms with Crippen LogP contribution in [0.25, 0.3) is 0 Å². The third-order valence-corrected chi connectivity index (χ3v) is 4.87. The summed E-state index contributed by atoms with van der Waals surface area (Å²) >= 11 is 1.70. The third kappa shape index (κ3) is 3.29. The van der Waals surface area contributed by atoms with Crippen LogP contribution in [-0.2, 0) is 4.74 Å². The van der Waals surface area contributed by atoms with Crippen molar-refractivity contribution in [3.05, 3.63) is 47.8 Å². The highest BCUT2D eigenvalue weighted by Crippen LogP contribution is 2.51. The molecule has 1 aliphatic rings. The van der Waals surface area contributed by atoms with Crippen molar-refractivity contribution in [2.24, 2.45) is 0 Å². The van der Waals surface area contributed by atoms with Gasteiger partial charge in [-0.3, -0.25) is 0 Å². The molecule has 0 spiro atoms. The third-order valence-electron chi connectivity index (χ3n) is 3.63. The molecule has 0 saturated carbocycles. The van der Waals surface area contributed by atoms with Crippen molar-refractivity contribution in [1.82, 2.24) is 9.55 Å². The lowest BCUT2D eigenvalue weighted by Crippen LogP contribution is -2.27. The molecular formula is C18H24N2O2S. The molecule has 2 heterocycles. The standard InChI is InChI=1S/C16H18N2O2S.C2H6/c1-4-20-14(19)12-10-17-15-18(12)13(16(2,3)21-15)11-8-6-5-7-9-11;1-2/h5-10,13H,4H2,1-3H3;1-2H3. The maximum absolute atomic E-state index is 12.2. The molecule has 1 aliphatic heterocycles. The van der Waals surface area contributed by atoms with Crippen molar-refractivity contribution in [2.45, 2.75) is 50.6 Å². The summed E-state index contributed by atoms with van der Waals surface area (Å²) in [5, 5.41) is 0.872. The molecular weight excluding hydrogens is 308 g/mol.